The van der Waals surface area contributed by atoms with Crippen molar-refractivity contribution in [1.82, 2.24) is 4.98 Å². The Bertz CT molecular complexity index is 881. The fraction of sp³-hybridized carbons (Fsp3) is 0.481. The van der Waals surface area contributed by atoms with Crippen molar-refractivity contribution in [2.45, 2.75) is 70.8 Å². The number of aromatic carboxylic acids is 1. The minimum atomic E-state index is -1.03. The number of aliphatic hydroxyl groups is 2. The molecule has 0 aliphatic carbocycles. The first-order valence-electron chi connectivity index (χ1n) is 12.0. The molecule has 3 N–H and O–H groups in total. The SMILES string of the molecule is CCCCCCCCCCOc1ccc(CC(O)c2cccc(C(=O)O)c2)nc1C=CCO. The molecule has 6 nitrogen and oxygen atoms in total. The van der Waals surface area contributed by atoms with E-state index in [2.05, 4.69) is 11.9 Å². The summed E-state index contributed by atoms with van der Waals surface area (Å²) < 4.78 is 5.94. The number of aromatic nitrogens is 1. The number of hydrogen-bond acceptors (Lipinski definition) is 5. The van der Waals surface area contributed by atoms with Crippen LogP contribution < -0.4 is 4.74 Å². The molecule has 33 heavy (non-hydrogen) atoms. The van der Waals surface area contributed by atoms with Gasteiger partial charge in [0.1, 0.15) is 11.4 Å². The van der Waals surface area contributed by atoms with Crippen molar-refractivity contribution in [1.29, 1.82) is 0 Å². The Morgan fingerprint density at radius 2 is 1.79 bits per heavy atom. The number of pyridine rings is 1. The lowest BCUT2D eigenvalue weighted by molar-refractivity contribution is 0.0696. The van der Waals surface area contributed by atoms with Crippen molar-refractivity contribution in [3.63, 3.8) is 0 Å². The highest BCUT2D eigenvalue weighted by Gasteiger charge is 2.14. The number of carbonyl (C=O) groups is 1. The Morgan fingerprint density at radius 3 is 2.48 bits per heavy atom. The fourth-order valence-corrected chi connectivity index (χ4v) is 3.64. The number of carboxylic acids is 1. The maximum Gasteiger partial charge on any atom is 0.335 e. The summed E-state index contributed by atoms with van der Waals surface area (Å²) in [5, 5.41) is 28.9. The molecule has 1 heterocycles. The van der Waals surface area contributed by atoms with Crippen LogP contribution in [0.4, 0.5) is 0 Å². The summed E-state index contributed by atoms with van der Waals surface area (Å²) in [7, 11) is 0. The summed E-state index contributed by atoms with van der Waals surface area (Å²) in [5.41, 5.74) is 1.92. The molecule has 0 fully saturated rings. The summed E-state index contributed by atoms with van der Waals surface area (Å²) in [6, 6.07) is 9.93. The van der Waals surface area contributed by atoms with E-state index >= 15 is 0 Å². The highest BCUT2D eigenvalue weighted by molar-refractivity contribution is 5.87. The van der Waals surface area contributed by atoms with Gasteiger partial charge in [-0.2, -0.15) is 0 Å². The summed E-state index contributed by atoms with van der Waals surface area (Å²) >= 11 is 0. The van der Waals surface area contributed by atoms with E-state index in [4.69, 9.17) is 14.9 Å². The van der Waals surface area contributed by atoms with Crippen LogP contribution in [0.5, 0.6) is 5.75 Å². The van der Waals surface area contributed by atoms with Gasteiger partial charge in [-0.05, 0) is 42.3 Å². The van der Waals surface area contributed by atoms with Crippen molar-refractivity contribution in [2.24, 2.45) is 0 Å². The monoisotopic (exact) mass is 455 g/mol. The van der Waals surface area contributed by atoms with Crippen molar-refractivity contribution in [3.05, 3.63) is 65.0 Å². The van der Waals surface area contributed by atoms with E-state index in [1.54, 1.807) is 24.3 Å². The molecule has 0 saturated carbocycles. The quantitative estimate of drug-likeness (QED) is 0.286. The van der Waals surface area contributed by atoms with E-state index in [0.717, 1.165) is 12.8 Å². The van der Waals surface area contributed by atoms with Crippen LogP contribution in [0.2, 0.25) is 0 Å². The summed E-state index contributed by atoms with van der Waals surface area (Å²) in [6.45, 7) is 2.74. The summed E-state index contributed by atoms with van der Waals surface area (Å²) in [5.74, 6) is -0.384. The lowest BCUT2D eigenvalue weighted by Gasteiger charge is -2.14. The smallest absolute Gasteiger partial charge is 0.335 e. The van der Waals surface area contributed by atoms with Gasteiger partial charge in [0.15, 0.2) is 0 Å². The van der Waals surface area contributed by atoms with E-state index in [1.165, 1.54) is 50.7 Å². The van der Waals surface area contributed by atoms with Gasteiger partial charge < -0.3 is 20.1 Å². The molecule has 1 unspecified atom stereocenters. The lowest BCUT2D eigenvalue weighted by atomic mass is 10.0. The van der Waals surface area contributed by atoms with Gasteiger partial charge in [-0.15, -0.1) is 0 Å². The first-order valence-corrected chi connectivity index (χ1v) is 12.0. The number of ether oxygens (including phenoxy) is 1. The van der Waals surface area contributed by atoms with Crippen LogP contribution in [0.1, 0.15) is 91.7 Å². The minimum Gasteiger partial charge on any atom is -0.491 e. The summed E-state index contributed by atoms with van der Waals surface area (Å²) in [4.78, 5) is 15.8. The van der Waals surface area contributed by atoms with Crippen LogP contribution >= 0.6 is 0 Å². The average molecular weight is 456 g/mol. The molecule has 1 aromatic heterocycles. The van der Waals surface area contributed by atoms with Gasteiger partial charge in [0, 0.05) is 12.1 Å². The molecule has 0 spiro atoms. The van der Waals surface area contributed by atoms with Crippen LogP contribution in [0, 0.1) is 0 Å². The highest BCUT2D eigenvalue weighted by atomic mass is 16.5. The van der Waals surface area contributed by atoms with Gasteiger partial charge in [0.2, 0.25) is 0 Å². The highest BCUT2D eigenvalue weighted by Crippen LogP contribution is 2.23. The largest absolute Gasteiger partial charge is 0.491 e. The predicted octanol–water partition coefficient (Wildman–Crippen LogP) is 5.58. The molecule has 2 aromatic rings. The number of nitrogens with zero attached hydrogens (tertiary/aromatic N) is 1. The number of benzene rings is 1. The van der Waals surface area contributed by atoms with Crippen LogP contribution in [-0.2, 0) is 6.42 Å². The zero-order chi connectivity index (χ0) is 23.9. The maximum absolute atomic E-state index is 11.2. The second kappa shape index (κ2) is 15.2. The second-order valence-electron chi connectivity index (χ2n) is 8.24. The van der Waals surface area contributed by atoms with E-state index in [9.17, 15) is 9.90 Å². The Labute approximate surface area is 197 Å². The molecule has 1 atom stereocenters. The zero-order valence-electron chi connectivity index (χ0n) is 19.6. The Balaban J connectivity index is 1.93. The third-order valence-electron chi connectivity index (χ3n) is 5.50. The second-order valence-corrected chi connectivity index (χ2v) is 8.24. The van der Waals surface area contributed by atoms with Gasteiger partial charge in [-0.25, -0.2) is 9.78 Å². The van der Waals surface area contributed by atoms with Crippen LogP contribution in [-0.4, -0.2) is 39.5 Å². The molecule has 0 amide bonds. The van der Waals surface area contributed by atoms with E-state index in [0.29, 0.717) is 29.3 Å². The average Bonchev–Trinajstić information content (AvgIpc) is 2.82. The van der Waals surface area contributed by atoms with Gasteiger partial charge in [0.05, 0.1) is 24.9 Å². The molecule has 1 aromatic carbocycles. The topological polar surface area (TPSA) is 99.9 Å². The molecule has 0 aliphatic rings. The van der Waals surface area contributed by atoms with E-state index < -0.39 is 12.1 Å². The van der Waals surface area contributed by atoms with E-state index in [1.807, 2.05) is 12.1 Å². The van der Waals surface area contributed by atoms with Gasteiger partial charge in [0.25, 0.3) is 0 Å². The number of unbranched alkanes of at least 4 members (excludes halogenated alkanes) is 7. The van der Waals surface area contributed by atoms with Crippen molar-refractivity contribution >= 4 is 12.0 Å². The van der Waals surface area contributed by atoms with Crippen LogP contribution in [0.25, 0.3) is 6.08 Å². The normalized spacial score (nSPS) is 12.2. The van der Waals surface area contributed by atoms with Crippen molar-refractivity contribution < 1.29 is 24.9 Å². The summed E-state index contributed by atoms with van der Waals surface area (Å²) in [6.07, 6.45) is 12.5. The first-order chi connectivity index (χ1) is 16.0. The Morgan fingerprint density at radius 1 is 1.06 bits per heavy atom. The lowest BCUT2D eigenvalue weighted by Crippen LogP contribution is -2.07. The number of aliphatic hydroxyl groups excluding tert-OH is 2. The number of hydrogen-bond donors (Lipinski definition) is 3. The molecular formula is C27H37NO5. The predicted molar refractivity (Wildman–Crippen MR) is 131 cm³/mol. The first kappa shape index (κ1) is 26.6. The molecule has 6 heteroatoms. The Kier molecular flexibility index (Phi) is 12.2. The molecule has 0 bridgehead atoms. The third kappa shape index (κ3) is 9.76. The van der Waals surface area contributed by atoms with Crippen molar-refractivity contribution in [3.8, 4) is 5.75 Å². The fourth-order valence-electron chi connectivity index (χ4n) is 3.64. The Hall–Kier alpha value is -2.70. The standard InChI is InChI=1S/C27H37NO5/c1-2-3-4-5-6-7-8-9-18-33-26-16-15-23(28-24(26)14-11-17-29)20-25(30)21-12-10-13-22(19-21)27(31)32/h10-16,19,25,29-30H,2-9,17-18,20H2,1H3,(H,31,32). The molecule has 0 radical (unpaired) electrons. The van der Waals surface area contributed by atoms with Crippen molar-refractivity contribution in [2.75, 3.05) is 13.2 Å². The van der Waals surface area contributed by atoms with Gasteiger partial charge in [-0.3, -0.25) is 0 Å². The molecule has 0 saturated heterocycles. The molecule has 180 valence electrons. The number of rotatable bonds is 16. The van der Waals surface area contributed by atoms with Crippen LogP contribution in [0.3, 0.4) is 0 Å². The molecular weight excluding hydrogens is 418 g/mol. The zero-order valence-corrected chi connectivity index (χ0v) is 19.6. The van der Waals surface area contributed by atoms with Crippen LogP contribution in [0.15, 0.2) is 42.5 Å². The molecule has 0 aliphatic heterocycles. The minimum absolute atomic E-state index is 0.103. The van der Waals surface area contributed by atoms with Gasteiger partial charge in [-0.1, -0.05) is 70.1 Å². The molecule has 2 rings (SSSR count). The third-order valence-corrected chi connectivity index (χ3v) is 5.50. The van der Waals surface area contributed by atoms with E-state index in [-0.39, 0.29) is 18.6 Å². The number of carboxylic acid groups (broad SMARTS) is 1. The van der Waals surface area contributed by atoms with Gasteiger partial charge >= 0.3 is 5.97 Å². The maximum atomic E-state index is 11.2.